The van der Waals surface area contributed by atoms with Crippen LogP contribution in [0, 0.1) is 47.9 Å². The van der Waals surface area contributed by atoms with Gasteiger partial charge in [-0.2, -0.15) is 0 Å². The third kappa shape index (κ3) is 27.2. The Kier molecular flexibility index (Phi) is 23.6. The molecule has 0 aliphatic carbocycles. The van der Waals surface area contributed by atoms with Crippen LogP contribution in [0.15, 0.2) is 24.3 Å². The molecule has 3 N–H and O–H groups in total. The Morgan fingerprint density at radius 1 is 0.771 bits per heavy atom. The van der Waals surface area contributed by atoms with E-state index in [2.05, 4.69) is 41.4 Å². The van der Waals surface area contributed by atoms with Crippen LogP contribution in [-0.4, -0.2) is 33.5 Å². The fourth-order valence-electron chi connectivity index (χ4n) is 3.30. The van der Waals surface area contributed by atoms with Crippen LogP contribution in [0.3, 0.4) is 0 Å². The maximum Gasteiger partial charge on any atom is 0.382 e. The minimum absolute atomic E-state index is 0.412. The highest BCUT2D eigenvalue weighted by atomic mass is 16.4. The molecule has 4 nitrogen and oxygen atoms in total. The summed E-state index contributed by atoms with van der Waals surface area (Å²) >= 11 is 0. The molecule has 2 atom stereocenters. The molecule has 0 bridgehead atoms. The molecule has 4 heteroatoms. The van der Waals surface area contributed by atoms with Crippen molar-refractivity contribution in [1.29, 1.82) is 0 Å². The largest absolute Gasteiger partial charge is 0.472 e. The summed E-state index contributed by atoms with van der Waals surface area (Å²) in [7, 11) is 0. The second kappa shape index (κ2) is 25.7. The lowest BCUT2D eigenvalue weighted by Gasteiger charge is -2.05. The summed E-state index contributed by atoms with van der Waals surface area (Å²) in [5.41, 5.74) is 0. The maximum absolute atomic E-state index is 10.2. The third-order valence-electron chi connectivity index (χ3n) is 5.25. The van der Waals surface area contributed by atoms with E-state index in [1.807, 2.05) is 6.08 Å². The Morgan fingerprint density at radius 2 is 1.37 bits per heavy atom. The SMILES string of the molecule is C#C[C@H](O)C#CCCCCCC#C/C=C/C(O)CCCCCCCCCCC/C=C\C#CC(=O)O. The highest BCUT2D eigenvalue weighted by Gasteiger charge is 1.98. The van der Waals surface area contributed by atoms with E-state index in [0.717, 1.165) is 64.2 Å². The number of aliphatic carboxylic acids is 1. The Balaban J connectivity index is 3.48. The molecular formula is C31H42O4. The molecule has 0 aromatic carbocycles. The number of unbranched alkanes of at least 4 members (excludes halogenated alkanes) is 13. The van der Waals surface area contributed by atoms with Gasteiger partial charge in [-0.1, -0.05) is 99.4 Å². The summed E-state index contributed by atoms with van der Waals surface area (Å²) in [5.74, 6) is 17.2. The van der Waals surface area contributed by atoms with Gasteiger partial charge in [0.1, 0.15) is 0 Å². The van der Waals surface area contributed by atoms with Crippen LogP contribution in [0.25, 0.3) is 0 Å². The number of rotatable bonds is 17. The van der Waals surface area contributed by atoms with E-state index in [0.29, 0.717) is 0 Å². The quantitative estimate of drug-likeness (QED) is 0.183. The van der Waals surface area contributed by atoms with Crippen LogP contribution < -0.4 is 0 Å². The predicted octanol–water partition coefficient (Wildman–Crippen LogP) is 5.79. The van der Waals surface area contributed by atoms with E-state index < -0.39 is 18.2 Å². The molecule has 0 saturated carbocycles. The lowest BCUT2D eigenvalue weighted by atomic mass is 10.0. The van der Waals surface area contributed by atoms with Crippen LogP contribution in [-0.2, 0) is 4.79 Å². The van der Waals surface area contributed by atoms with Crippen molar-refractivity contribution in [2.45, 2.75) is 115 Å². The Morgan fingerprint density at radius 3 is 2.03 bits per heavy atom. The van der Waals surface area contributed by atoms with Crippen LogP contribution in [0.4, 0.5) is 0 Å². The maximum atomic E-state index is 10.2. The molecule has 0 amide bonds. The van der Waals surface area contributed by atoms with Gasteiger partial charge < -0.3 is 15.3 Å². The first kappa shape index (κ1) is 32.1. The summed E-state index contributed by atoms with van der Waals surface area (Å²) in [4.78, 5) is 10.2. The zero-order valence-corrected chi connectivity index (χ0v) is 21.1. The van der Waals surface area contributed by atoms with Crippen molar-refractivity contribution in [3.05, 3.63) is 24.3 Å². The van der Waals surface area contributed by atoms with Gasteiger partial charge in [0.2, 0.25) is 0 Å². The highest BCUT2D eigenvalue weighted by Crippen LogP contribution is 2.12. The molecule has 0 fully saturated rings. The fourth-order valence-corrected chi connectivity index (χ4v) is 3.30. The van der Waals surface area contributed by atoms with E-state index in [1.165, 1.54) is 38.5 Å². The highest BCUT2D eigenvalue weighted by molar-refractivity contribution is 5.86. The normalized spacial score (nSPS) is 12.0. The zero-order chi connectivity index (χ0) is 25.8. The number of hydrogen-bond donors (Lipinski definition) is 3. The molecule has 35 heavy (non-hydrogen) atoms. The average Bonchev–Trinajstić information content (AvgIpc) is 2.84. The van der Waals surface area contributed by atoms with Gasteiger partial charge in [-0.3, -0.25) is 0 Å². The molecule has 0 spiro atoms. The van der Waals surface area contributed by atoms with E-state index >= 15 is 0 Å². The number of allylic oxidation sites excluding steroid dienone is 3. The standard InChI is InChI=1S/C31H42O4/c1-2-29(32)25-21-17-13-10-8-11-15-19-23-27-30(33)26-22-18-14-9-6-4-3-5-7-12-16-20-24-28-31(34)35/h1,16,20,23,27,29-30,32-33H,3-14,17-18,22,26H2,(H,34,35)/b20-16-,27-23+/t29-,30?/m0/s1. The lowest BCUT2D eigenvalue weighted by Crippen LogP contribution is -2.01. The number of aliphatic hydroxyl groups is 2. The molecule has 0 aliphatic heterocycles. The van der Waals surface area contributed by atoms with Gasteiger partial charge >= 0.3 is 5.97 Å². The fraction of sp³-hybridized carbons (Fsp3) is 0.581. The molecule has 0 aliphatic rings. The molecule has 190 valence electrons. The molecule has 0 radical (unpaired) electrons. The zero-order valence-electron chi connectivity index (χ0n) is 21.1. The number of terminal acetylenes is 1. The van der Waals surface area contributed by atoms with E-state index in [1.54, 1.807) is 18.2 Å². The molecule has 0 heterocycles. The summed E-state index contributed by atoms with van der Waals surface area (Å²) in [6, 6.07) is 0. The minimum atomic E-state index is -1.09. The van der Waals surface area contributed by atoms with E-state index in [9.17, 15) is 9.90 Å². The predicted molar refractivity (Wildman–Crippen MR) is 144 cm³/mol. The average molecular weight is 479 g/mol. The summed E-state index contributed by atoms with van der Waals surface area (Å²) in [5, 5.41) is 27.5. The van der Waals surface area contributed by atoms with Crippen molar-refractivity contribution in [2.24, 2.45) is 0 Å². The Hall–Kier alpha value is -2.89. The first-order chi connectivity index (χ1) is 17.1. The summed E-state index contributed by atoms with van der Waals surface area (Å²) in [6.45, 7) is 0. The van der Waals surface area contributed by atoms with Gasteiger partial charge in [0.05, 0.1) is 6.10 Å². The first-order valence-corrected chi connectivity index (χ1v) is 12.9. The van der Waals surface area contributed by atoms with Crippen molar-refractivity contribution in [1.82, 2.24) is 0 Å². The smallest absolute Gasteiger partial charge is 0.382 e. The van der Waals surface area contributed by atoms with Crippen LogP contribution in [0.5, 0.6) is 0 Å². The number of carboxylic acids is 1. The number of aliphatic hydroxyl groups excluding tert-OH is 2. The van der Waals surface area contributed by atoms with E-state index in [4.69, 9.17) is 16.6 Å². The van der Waals surface area contributed by atoms with Gasteiger partial charge in [0.15, 0.2) is 6.10 Å². The van der Waals surface area contributed by atoms with Crippen LogP contribution >= 0.6 is 0 Å². The topological polar surface area (TPSA) is 77.8 Å². The second-order valence-corrected chi connectivity index (χ2v) is 8.43. The molecule has 1 unspecified atom stereocenters. The van der Waals surface area contributed by atoms with Crippen molar-refractivity contribution in [3.8, 4) is 47.9 Å². The number of carboxylic acid groups (broad SMARTS) is 1. The van der Waals surface area contributed by atoms with Crippen molar-refractivity contribution < 1.29 is 20.1 Å². The Bertz CT molecular complexity index is 827. The first-order valence-electron chi connectivity index (χ1n) is 12.9. The van der Waals surface area contributed by atoms with Crippen LogP contribution in [0.2, 0.25) is 0 Å². The van der Waals surface area contributed by atoms with Gasteiger partial charge in [-0.15, -0.1) is 6.42 Å². The molecular weight excluding hydrogens is 436 g/mol. The van der Waals surface area contributed by atoms with Crippen molar-refractivity contribution >= 4 is 5.97 Å². The Labute approximate surface area is 213 Å². The molecule has 0 aromatic rings. The molecule has 0 saturated heterocycles. The van der Waals surface area contributed by atoms with Gasteiger partial charge in [-0.25, -0.2) is 4.79 Å². The second-order valence-electron chi connectivity index (χ2n) is 8.43. The monoisotopic (exact) mass is 478 g/mol. The van der Waals surface area contributed by atoms with Gasteiger partial charge in [0.25, 0.3) is 0 Å². The number of hydrogen-bond acceptors (Lipinski definition) is 3. The minimum Gasteiger partial charge on any atom is -0.472 e. The van der Waals surface area contributed by atoms with Crippen molar-refractivity contribution in [3.63, 3.8) is 0 Å². The number of carbonyl (C=O) groups is 1. The summed E-state index contributed by atoms with van der Waals surface area (Å²) in [6.07, 6.45) is 27.9. The third-order valence-corrected chi connectivity index (χ3v) is 5.25. The molecule has 0 rings (SSSR count). The van der Waals surface area contributed by atoms with Crippen molar-refractivity contribution in [2.75, 3.05) is 0 Å². The van der Waals surface area contributed by atoms with Gasteiger partial charge in [0, 0.05) is 18.8 Å². The van der Waals surface area contributed by atoms with Gasteiger partial charge in [-0.05, 0) is 50.3 Å². The summed E-state index contributed by atoms with van der Waals surface area (Å²) < 4.78 is 0. The lowest BCUT2D eigenvalue weighted by molar-refractivity contribution is -0.130. The van der Waals surface area contributed by atoms with Crippen LogP contribution in [0.1, 0.15) is 103 Å². The van der Waals surface area contributed by atoms with E-state index in [-0.39, 0.29) is 0 Å². The molecule has 0 aromatic heterocycles.